The quantitative estimate of drug-likeness (QED) is 0.278. The third kappa shape index (κ3) is 11.1. The van der Waals surface area contributed by atoms with Gasteiger partial charge in [-0.15, -0.1) is 0 Å². The van der Waals surface area contributed by atoms with Gasteiger partial charge in [-0.25, -0.2) is 0 Å². The van der Waals surface area contributed by atoms with Crippen LogP contribution in [-0.2, 0) is 0 Å². The maximum Gasteiger partial charge on any atom is 0.0918 e. The normalized spacial score (nSPS) is 14.9. The standard InChI is InChI=1S/C18H42N4O/c1-17(2,22-15-11-7-5-9-13-20)18(3,23)16-21-14-10-6-4-8-12-19/h21-23H,4-16,19-20H2,1-3H3. The van der Waals surface area contributed by atoms with Gasteiger partial charge in [0.05, 0.1) is 5.60 Å². The van der Waals surface area contributed by atoms with Crippen molar-refractivity contribution in [1.82, 2.24) is 10.6 Å². The molecule has 0 radical (unpaired) electrons. The number of hydrogen-bond acceptors (Lipinski definition) is 5. The van der Waals surface area contributed by atoms with Crippen molar-refractivity contribution < 1.29 is 5.11 Å². The average molecular weight is 331 g/mol. The molecule has 0 aromatic rings. The Morgan fingerprint density at radius 2 is 1.22 bits per heavy atom. The number of nitrogens with one attached hydrogen (secondary N) is 2. The lowest BCUT2D eigenvalue weighted by Crippen LogP contribution is -2.61. The van der Waals surface area contributed by atoms with Crippen LogP contribution in [0.25, 0.3) is 0 Å². The molecule has 0 saturated heterocycles. The highest BCUT2D eigenvalue weighted by Gasteiger charge is 2.38. The van der Waals surface area contributed by atoms with Crippen LogP contribution in [0.3, 0.4) is 0 Å². The maximum absolute atomic E-state index is 10.8. The molecule has 0 aromatic heterocycles. The van der Waals surface area contributed by atoms with Gasteiger partial charge in [0.1, 0.15) is 0 Å². The third-order valence-electron chi connectivity index (χ3n) is 4.82. The summed E-state index contributed by atoms with van der Waals surface area (Å²) in [5.74, 6) is 0. The molecular weight excluding hydrogens is 288 g/mol. The molecule has 0 aromatic carbocycles. The van der Waals surface area contributed by atoms with E-state index >= 15 is 0 Å². The molecule has 0 spiro atoms. The molecule has 1 unspecified atom stereocenters. The minimum atomic E-state index is -0.776. The first-order valence-corrected chi connectivity index (χ1v) is 9.45. The Balaban J connectivity index is 3.84. The van der Waals surface area contributed by atoms with Gasteiger partial charge in [0.2, 0.25) is 0 Å². The lowest BCUT2D eigenvalue weighted by atomic mass is 9.84. The van der Waals surface area contributed by atoms with Crippen LogP contribution in [0.15, 0.2) is 0 Å². The lowest BCUT2D eigenvalue weighted by molar-refractivity contribution is -0.0201. The van der Waals surface area contributed by atoms with E-state index in [2.05, 4.69) is 24.5 Å². The Bertz CT molecular complexity index is 270. The molecule has 0 aliphatic heterocycles. The van der Waals surface area contributed by atoms with Crippen molar-refractivity contribution in [3.05, 3.63) is 0 Å². The predicted octanol–water partition coefficient (Wildman–Crippen LogP) is 1.73. The van der Waals surface area contributed by atoms with Crippen molar-refractivity contribution in [2.45, 2.75) is 83.3 Å². The van der Waals surface area contributed by atoms with E-state index < -0.39 is 5.60 Å². The molecule has 0 aliphatic rings. The first-order chi connectivity index (χ1) is 10.9. The van der Waals surface area contributed by atoms with Crippen molar-refractivity contribution >= 4 is 0 Å². The van der Waals surface area contributed by atoms with Crippen LogP contribution >= 0.6 is 0 Å². The summed E-state index contributed by atoms with van der Waals surface area (Å²) in [7, 11) is 0. The number of rotatable bonds is 16. The number of nitrogens with two attached hydrogens (primary N) is 2. The van der Waals surface area contributed by atoms with Crippen molar-refractivity contribution in [3.8, 4) is 0 Å². The summed E-state index contributed by atoms with van der Waals surface area (Å²) in [5.41, 5.74) is 9.90. The van der Waals surface area contributed by atoms with Gasteiger partial charge < -0.3 is 27.2 Å². The Kier molecular flexibility index (Phi) is 13.0. The smallest absolute Gasteiger partial charge is 0.0918 e. The Morgan fingerprint density at radius 3 is 1.74 bits per heavy atom. The number of unbranched alkanes of at least 4 members (excludes halogenated alkanes) is 6. The van der Waals surface area contributed by atoms with Crippen molar-refractivity contribution in [3.63, 3.8) is 0 Å². The van der Waals surface area contributed by atoms with Gasteiger partial charge in [0.25, 0.3) is 0 Å². The van der Waals surface area contributed by atoms with E-state index in [1.165, 1.54) is 25.7 Å². The SMILES string of the molecule is CC(O)(CNCCCCCCN)C(C)(C)NCCCCCCN. The van der Waals surface area contributed by atoms with Crippen LogP contribution in [0.5, 0.6) is 0 Å². The summed E-state index contributed by atoms with van der Waals surface area (Å²) < 4.78 is 0. The maximum atomic E-state index is 10.8. The van der Waals surface area contributed by atoms with Gasteiger partial charge in [-0.2, -0.15) is 0 Å². The number of aliphatic hydroxyl groups is 1. The zero-order valence-corrected chi connectivity index (χ0v) is 15.8. The van der Waals surface area contributed by atoms with E-state index in [1.54, 1.807) is 0 Å². The average Bonchev–Trinajstić information content (AvgIpc) is 2.49. The van der Waals surface area contributed by atoms with Gasteiger partial charge in [0.15, 0.2) is 0 Å². The van der Waals surface area contributed by atoms with E-state index in [1.807, 2.05) is 6.92 Å². The van der Waals surface area contributed by atoms with Crippen LogP contribution in [0.4, 0.5) is 0 Å². The molecule has 7 N–H and O–H groups in total. The molecule has 23 heavy (non-hydrogen) atoms. The van der Waals surface area contributed by atoms with Crippen LogP contribution in [0, 0.1) is 0 Å². The Labute approximate surface area is 144 Å². The predicted molar refractivity (Wildman–Crippen MR) is 101 cm³/mol. The molecule has 0 bridgehead atoms. The fourth-order valence-corrected chi connectivity index (χ4v) is 2.51. The molecule has 0 heterocycles. The minimum absolute atomic E-state index is 0.312. The Morgan fingerprint density at radius 1 is 0.739 bits per heavy atom. The van der Waals surface area contributed by atoms with Gasteiger partial charge in [-0.05, 0) is 72.6 Å². The molecule has 0 fully saturated rings. The summed E-state index contributed by atoms with van der Waals surface area (Å²) in [5, 5.41) is 17.7. The first kappa shape index (κ1) is 22.8. The molecule has 0 rings (SSSR count). The molecule has 5 nitrogen and oxygen atoms in total. The molecule has 0 saturated carbocycles. The Hall–Kier alpha value is -0.200. The van der Waals surface area contributed by atoms with Crippen molar-refractivity contribution in [2.24, 2.45) is 11.5 Å². The molecule has 0 amide bonds. The van der Waals surface area contributed by atoms with Crippen LogP contribution in [0.2, 0.25) is 0 Å². The zero-order chi connectivity index (χ0) is 17.6. The lowest BCUT2D eigenvalue weighted by Gasteiger charge is -2.41. The molecule has 5 heteroatoms. The topological polar surface area (TPSA) is 96.3 Å². The van der Waals surface area contributed by atoms with E-state index in [-0.39, 0.29) is 5.54 Å². The van der Waals surface area contributed by atoms with Crippen LogP contribution in [-0.4, -0.2) is 49.0 Å². The number of hydrogen-bond donors (Lipinski definition) is 5. The van der Waals surface area contributed by atoms with Crippen LogP contribution in [0.1, 0.15) is 72.1 Å². The second-order valence-electron chi connectivity index (χ2n) is 7.41. The van der Waals surface area contributed by atoms with Crippen molar-refractivity contribution in [2.75, 3.05) is 32.7 Å². The molecule has 0 aliphatic carbocycles. The largest absolute Gasteiger partial charge is 0.387 e. The summed E-state index contributed by atoms with van der Waals surface area (Å²) in [6, 6.07) is 0. The molecular formula is C18H42N4O. The van der Waals surface area contributed by atoms with Gasteiger partial charge >= 0.3 is 0 Å². The fraction of sp³-hybridized carbons (Fsp3) is 1.00. The second kappa shape index (κ2) is 13.1. The fourth-order valence-electron chi connectivity index (χ4n) is 2.51. The van der Waals surface area contributed by atoms with E-state index in [0.717, 1.165) is 51.9 Å². The monoisotopic (exact) mass is 330 g/mol. The highest BCUT2D eigenvalue weighted by atomic mass is 16.3. The van der Waals surface area contributed by atoms with E-state index in [9.17, 15) is 5.11 Å². The van der Waals surface area contributed by atoms with Crippen molar-refractivity contribution in [1.29, 1.82) is 0 Å². The van der Waals surface area contributed by atoms with Crippen LogP contribution < -0.4 is 22.1 Å². The summed E-state index contributed by atoms with van der Waals surface area (Å²) in [6.45, 7) is 10.1. The highest BCUT2D eigenvalue weighted by Crippen LogP contribution is 2.21. The van der Waals surface area contributed by atoms with Gasteiger partial charge in [-0.3, -0.25) is 0 Å². The van der Waals surface area contributed by atoms with Gasteiger partial charge in [-0.1, -0.05) is 25.7 Å². The molecule has 1 atom stereocenters. The first-order valence-electron chi connectivity index (χ1n) is 9.45. The second-order valence-corrected chi connectivity index (χ2v) is 7.41. The third-order valence-corrected chi connectivity index (χ3v) is 4.82. The van der Waals surface area contributed by atoms with E-state index in [4.69, 9.17) is 11.5 Å². The summed E-state index contributed by atoms with van der Waals surface area (Å²) >= 11 is 0. The summed E-state index contributed by atoms with van der Waals surface area (Å²) in [4.78, 5) is 0. The van der Waals surface area contributed by atoms with E-state index in [0.29, 0.717) is 6.54 Å². The van der Waals surface area contributed by atoms with Gasteiger partial charge in [0, 0.05) is 12.1 Å². The zero-order valence-electron chi connectivity index (χ0n) is 15.8. The summed E-state index contributed by atoms with van der Waals surface area (Å²) in [6.07, 6.45) is 9.29. The molecule has 140 valence electrons. The highest BCUT2D eigenvalue weighted by molar-refractivity contribution is 4.98. The minimum Gasteiger partial charge on any atom is -0.387 e.